The average molecular weight is 417 g/mol. The molecule has 0 aliphatic carbocycles. The molecular weight excluding hydrogens is 380 g/mol. The molecule has 6 heteroatoms. The first-order chi connectivity index (χ1) is 14.4. The summed E-state index contributed by atoms with van der Waals surface area (Å²) in [4.78, 5) is 14.4. The number of nitrogens with one attached hydrogen (secondary N) is 1. The highest BCUT2D eigenvalue weighted by Gasteiger charge is 2.42. The normalized spacial score (nSPS) is 23.8. The van der Waals surface area contributed by atoms with Crippen LogP contribution in [0.5, 0.6) is 11.5 Å². The van der Waals surface area contributed by atoms with Crippen LogP contribution in [0, 0.1) is 11.8 Å². The number of amides is 1. The molecule has 0 bridgehead atoms. The molecule has 1 spiro atoms. The number of carbonyl (C=O) groups is 1. The van der Waals surface area contributed by atoms with Crippen molar-refractivity contribution in [1.29, 1.82) is 0 Å². The van der Waals surface area contributed by atoms with Crippen molar-refractivity contribution in [3.05, 3.63) is 23.8 Å². The van der Waals surface area contributed by atoms with Gasteiger partial charge in [-0.15, -0.1) is 0 Å². The monoisotopic (exact) mass is 416 g/mol. The summed E-state index contributed by atoms with van der Waals surface area (Å²) in [6.45, 7) is 10.5. The van der Waals surface area contributed by atoms with E-state index in [-0.39, 0.29) is 23.5 Å². The summed E-state index contributed by atoms with van der Waals surface area (Å²) in [6, 6.07) is 6.29. The molecule has 1 amide bonds. The maximum atomic E-state index is 11.8. The zero-order valence-corrected chi connectivity index (χ0v) is 18.6. The molecule has 3 aliphatic heterocycles. The molecule has 166 valence electrons. The molecule has 1 N–H and O–H groups in total. The molecule has 2 fully saturated rings. The molecule has 0 radical (unpaired) electrons. The number of rotatable bonds is 7. The molecule has 2 atom stereocenters. The zero-order valence-electron chi connectivity index (χ0n) is 18.6. The number of nitrogens with zero attached hydrogens (tertiary/aromatic N) is 1. The van der Waals surface area contributed by atoms with Gasteiger partial charge in [0.05, 0.1) is 11.7 Å². The molecule has 4 rings (SSSR count). The third-order valence-electron chi connectivity index (χ3n) is 6.73. The molecule has 3 aliphatic rings. The predicted molar refractivity (Wildman–Crippen MR) is 116 cm³/mol. The van der Waals surface area contributed by atoms with E-state index in [4.69, 9.17) is 14.2 Å². The van der Waals surface area contributed by atoms with Crippen LogP contribution in [0.2, 0.25) is 0 Å². The first kappa shape index (κ1) is 21.4. The highest BCUT2D eigenvalue weighted by atomic mass is 16.7. The van der Waals surface area contributed by atoms with Crippen molar-refractivity contribution < 1.29 is 19.0 Å². The molecular formula is C24H36N2O4. The van der Waals surface area contributed by atoms with Crippen LogP contribution in [0.25, 0.3) is 0 Å². The average Bonchev–Trinajstić information content (AvgIpc) is 3.35. The van der Waals surface area contributed by atoms with E-state index in [1.165, 1.54) is 5.56 Å². The quantitative estimate of drug-likeness (QED) is 0.738. The van der Waals surface area contributed by atoms with Crippen LogP contribution in [0.15, 0.2) is 18.2 Å². The summed E-state index contributed by atoms with van der Waals surface area (Å²) in [5.74, 6) is 2.46. The summed E-state index contributed by atoms with van der Waals surface area (Å²) in [5, 5.41) is 3.03. The molecule has 0 aromatic heterocycles. The van der Waals surface area contributed by atoms with E-state index in [0.717, 1.165) is 63.2 Å². The lowest BCUT2D eigenvalue weighted by molar-refractivity contribution is -0.125. The number of piperidine rings is 1. The number of likely N-dealkylation sites (tertiary alicyclic amines) is 1. The first-order valence-electron chi connectivity index (χ1n) is 11.5. The number of hydrogen-bond acceptors (Lipinski definition) is 5. The third-order valence-corrected chi connectivity index (χ3v) is 6.73. The second-order valence-electron chi connectivity index (χ2n) is 9.66. The molecule has 2 saturated heterocycles. The van der Waals surface area contributed by atoms with Crippen LogP contribution in [0.1, 0.15) is 52.0 Å². The molecule has 6 nitrogen and oxygen atoms in total. The summed E-state index contributed by atoms with van der Waals surface area (Å²) < 4.78 is 17.4. The van der Waals surface area contributed by atoms with Gasteiger partial charge in [-0.05, 0) is 55.7 Å². The van der Waals surface area contributed by atoms with Crippen LogP contribution < -0.4 is 14.8 Å². The van der Waals surface area contributed by atoms with Gasteiger partial charge < -0.3 is 24.4 Å². The molecule has 30 heavy (non-hydrogen) atoms. The number of benzene rings is 1. The Morgan fingerprint density at radius 3 is 2.70 bits per heavy atom. The van der Waals surface area contributed by atoms with E-state index in [1.807, 2.05) is 19.9 Å². The Balaban J connectivity index is 1.20. The van der Waals surface area contributed by atoms with Crippen molar-refractivity contribution in [3.63, 3.8) is 0 Å². The Morgan fingerprint density at radius 2 is 1.93 bits per heavy atom. The van der Waals surface area contributed by atoms with E-state index in [2.05, 4.69) is 29.3 Å². The Bertz CT molecular complexity index is 743. The smallest absolute Gasteiger partial charge is 0.231 e. The van der Waals surface area contributed by atoms with Gasteiger partial charge in [-0.25, -0.2) is 0 Å². The van der Waals surface area contributed by atoms with Gasteiger partial charge in [-0.2, -0.15) is 0 Å². The van der Waals surface area contributed by atoms with E-state index >= 15 is 0 Å². The summed E-state index contributed by atoms with van der Waals surface area (Å²) >= 11 is 0. The fraction of sp³-hybridized carbons (Fsp3) is 0.708. The van der Waals surface area contributed by atoms with Crippen molar-refractivity contribution in [1.82, 2.24) is 10.2 Å². The topological polar surface area (TPSA) is 60.0 Å². The minimum atomic E-state index is 0.0308. The lowest BCUT2D eigenvalue weighted by Crippen LogP contribution is -2.46. The Morgan fingerprint density at radius 1 is 1.17 bits per heavy atom. The second kappa shape index (κ2) is 9.15. The van der Waals surface area contributed by atoms with Gasteiger partial charge in [0.25, 0.3) is 0 Å². The number of fused-ring (bicyclic) bond motifs is 1. The highest BCUT2D eigenvalue weighted by molar-refractivity contribution is 5.77. The van der Waals surface area contributed by atoms with Gasteiger partial charge in [-0.3, -0.25) is 4.79 Å². The van der Waals surface area contributed by atoms with Crippen LogP contribution in [0.4, 0.5) is 0 Å². The lowest BCUT2D eigenvalue weighted by atomic mass is 9.88. The third kappa shape index (κ3) is 5.09. The number of hydrogen-bond donors (Lipinski definition) is 1. The SMILES string of the molecule is CC(Cc1ccc2c(c1)OCO2)CN1CCC2(CCC(CNC(=O)C(C)C)O2)CC1. The predicted octanol–water partition coefficient (Wildman–Crippen LogP) is 3.38. The molecule has 1 aromatic carbocycles. The van der Waals surface area contributed by atoms with Crippen LogP contribution in [0.3, 0.4) is 0 Å². The van der Waals surface area contributed by atoms with Gasteiger partial charge in [-0.1, -0.05) is 26.8 Å². The van der Waals surface area contributed by atoms with Gasteiger partial charge in [0.15, 0.2) is 11.5 Å². The highest BCUT2D eigenvalue weighted by Crippen LogP contribution is 2.39. The van der Waals surface area contributed by atoms with Crippen molar-refractivity contribution in [2.45, 2.75) is 64.6 Å². The van der Waals surface area contributed by atoms with Gasteiger partial charge in [0, 0.05) is 32.1 Å². The molecule has 3 heterocycles. The van der Waals surface area contributed by atoms with E-state index in [1.54, 1.807) is 0 Å². The summed E-state index contributed by atoms with van der Waals surface area (Å²) in [5.41, 5.74) is 1.34. The van der Waals surface area contributed by atoms with Crippen molar-refractivity contribution in [2.75, 3.05) is 33.0 Å². The number of ether oxygens (including phenoxy) is 3. The maximum absolute atomic E-state index is 11.8. The van der Waals surface area contributed by atoms with Crippen molar-refractivity contribution >= 4 is 5.91 Å². The standard InChI is InChI=1S/C24H36N2O4/c1-17(2)23(27)25-14-20-6-7-24(30-20)8-10-26(11-9-24)15-18(3)12-19-4-5-21-22(13-19)29-16-28-21/h4-5,13,17-18,20H,6-12,14-16H2,1-3H3,(H,25,27). The zero-order chi connectivity index (χ0) is 21.1. The van der Waals surface area contributed by atoms with E-state index in [9.17, 15) is 4.79 Å². The van der Waals surface area contributed by atoms with Gasteiger partial charge >= 0.3 is 0 Å². The van der Waals surface area contributed by atoms with E-state index in [0.29, 0.717) is 19.3 Å². The summed E-state index contributed by atoms with van der Waals surface area (Å²) in [7, 11) is 0. The largest absolute Gasteiger partial charge is 0.454 e. The molecule has 0 saturated carbocycles. The second-order valence-corrected chi connectivity index (χ2v) is 9.66. The maximum Gasteiger partial charge on any atom is 0.231 e. The van der Waals surface area contributed by atoms with Crippen LogP contribution >= 0.6 is 0 Å². The Kier molecular flexibility index (Phi) is 6.54. The minimum Gasteiger partial charge on any atom is -0.454 e. The number of carbonyl (C=O) groups excluding carboxylic acids is 1. The van der Waals surface area contributed by atoms with Gasteiger partial charge in [0.1, 0.15) is 0 Å². The minimum absolute atomic E-state index is 0.0308. The van der Waals surface area contributed by atoms with Gasteiger partial charge in [0.2, 0.25) is 12.7 Å². The fourth-order valence-corrected chi connectivity index (χ4v) is 4.94. The Hall–Kier alpha value is -1.79. The van der Waals surface area contributed by atoms with Crippen molar-refractivity contribution in [2.24, 2.45) is 11.8 Å². The molecule has 1 aromatic rings. The lowest BCUT2D eigenvalue weighted by Gasteiger charge is -2.40. The first-order valence-corrected chi connectivity index (χ1v) is 11.5. The fourth-order valence-electron chi connectivity index (χ4n) is 4.94. The van der Waals surface area contributed by atoms with Crippen LogP contribution in [-0.4, -0.2) is 55.5 Å². The van der Waals surface area contributed by atoms with E-state index < -0.39 is 0 Å². The van der Waals surface area contributed by atoms with Crippen LogP contribution in [-0.2, 0) is 16.0 Å². The molecule has 2 unspecified atom stereocenters. The summed E-state index contributed by atoms with van der Waals surface area (Å²) in [6.07, 6.45) is 5.59. The Labute approximate surface area is 180 Å². The van der Waals surface area contributed by atoms with Crippen molar-refractivity contribution in [3.8, 4) is 11.5 Å².